The van der Waals surface area contributed by atoms with Crippen LogP contribution in [-0.4, -0.2) is 0 Å². The minimum absolute atomic E-state index is 0.0602. The number of allylic oxidation sites excluding steroid dienone is 1. The Bertz CT molecular complexity index is 1410. The van der Waals surface area contributed by atoms with E-state index in [0.29, 0.717) is 0 Å². The highest BCUT2D eigenvalue weighted by Crippen LogP contribution is 2.71. The van der Waals surface area contributed by atoms with Gasteiger partial charge < -0.3 is 0 Å². The van der Waals surface area contributed by atoms with Crippen molar-refractivity contribution in [1.29, 1.82) is 0 Å². The van der Waals surface area contributed by atoms with E-state index in [-0.39, 0.29) is 11.0 Å². The molecule has 4 atom stereocenters. The molecule has 4 unspecified atom stereocenters. The first-order valence-corrected chi connectivity index (χ1v) is 14.7. The number of hydrogen-bond acceptors (Lipinski definition) is 0. The lowest BCUT2D eigenvalue weighted by Crippen LogP contribution is -2.54. The molecule has 0 saturated heterocycles. The summed E-state index contributed by atoms with van der Waals surface area (Å²) < 4.78 is 2.79. The van der Waals surface area contributed by atoms with Crippen molar-refractivity contribution in [3.8, 4) is 0 Å². The summed E-state index contributed by atoms with van der Waals surface area (Å²) in [4.78, 5) is 0. The highest BCUT2D eigenvalue weighted by Gasteiger charge is 2.80. The van der Waals surface area contributed by atoms with Gasteiger partial charge in [-0.15, -0.1) is 0 Å². The molecule has 0 amide bonds. The van der Waals surface area contributed by atoms with Crippen molar-refractivity contribution in [3.05, 3.63) is 65.4 Å². The molecule has 3 fully saturated rings. The highest BCUT2D eigenvalue weighted by atomic mass is 15.2. The molecule has 1 aromatic heterocycles. The molecule has 3 aromatic rings. The Morgan fingerprint density at radius 2 is 1.71 bits per heavy atom. The highest BCUT2D eigenvalue weighted by molar-refractivity contribution is 6.09. The first-order chi connectivity index (χ1) is 17.1. The van der Waals surface area contributed by atoms with Gasteiger partial charge in [0.1, 0.15) is 0 Å². The minimum Gasteiger partial charge on any atom is -0.187 e. The second kappa shape index (κ2) is 6.78. The van der Waals surface area contributed by atoms with E-state index in [9.17, 15) is 0 Å². The van der Waals surface area contributed by atoms with Gasteiger partial charge in [-0.3, -0.25) is 0 Å². The van der Waals surface area contributed by atoms with Crippen LogP contribution in [-0.2, 0) is 11.0 Å². The van der Waals surface area contributed by atoms with Crippen LogP contribution in [0.15, 0.2) is 48.7 Å². The Labute approximate surface area is 210 Å². The van der Waals surface area contributed by atoms with Crippen molar-refractivity contribution in [1.82, 2.24) is 0 Å². The first kappa shape index (κ1) is 21.0. The minimum atomic E-state index is 0.0602. The first-order valence-electron chi connectivity index (χ1n) is 14.7. The average molecular weight is 463 g/mol. The van der Waals surface area contributed by atoms with Gasteiger partial charge in [0.05, 0.1) is 16.2 Å². The van der Waals surface area contributed by atoms with E-state index in [1.54, 1.807) is 22.1 Å². The van der Waals surface area contributed by atoms with Crippen LogP contribution < -0.4 is 4.57 Å². The molecule has 0 spiro atoms. The molecular formula is C34H40N+. The summed E-state index contributed by atoms with van der Waals surface area (Å²) in [6.07, 6.45) is 15.0. The molecular weight excluding hydrogens is 422 g/mol. The van der Waals surface area contributed by atoms with Gasteiger partial charge in [-0.05, 0) is 90.7 Å². The molecule has 3 saturated carbocycles. The number of unbranched alkanes of at least 4 members (excludes halogenated alkanes) is 1. The lowest BCUT2D eigenvalue weighted by atomic mass is 9.59. The second-order valence-corrected chi connectivity index (χ2v) is 12.8. The Morgan fingerprint density at radius 3 is 2.43 bits per heavy atom. The summed E-state index contributed by atoms with van der Waals surface area (Å²) in [5.41, 5.74) is 8.22. The van der Waals surface area contributed by atoms with Crippen LogP contribution in [0.1, 0.15) is 107 Å². The molecule has 1 aliphatic heterocycles. The molecule has 6 aliphatic rings. The van der Waals surface area contributed by atoms with E-state index in [2.05, 4.69) is 61.9 Å². The van der Waals surface area contributed by atoms with E-state index in [1.165, 1.54) is 66.8 Å². The molecule has 5 aliphatic carbocycles. The zero-order valence-electron chi connectivity index (χ0n) is 21.9. The predicted octanol–water partition coefficient (Wildman–Crippen LogP) is 8.42. The van der Waals surface area contributed by atoms with E-state index in [1.807, 2.05) is 0 Å². The maximum atomic E-state index is 4.79. The van der Waals surface area contributed by atoms with E-state index in [4.69, 9.17) is 6.58 Å². The third kappa shape index (κ3) is 2.19. The summed E-state index contributed by atoms with van der Waals surface area (Å²) in [5, 5.41) is 4.53. The molecule has 1 nitrogen and oxygen atoms in total. The van der Waals surface area contributed by atoms with Crippen LogP contribution in [0, 0.1) is 17.8 Å². The van der Waals surface area contributed by atoms with Crippen molar-refractivity contribution < 1.29 is 4.57 Å². The molecule has 4 bridgehead atoms. The number of fused-ring (bicyclic) bond motifs is 3. The van der Waals surface area contributed by atoms with Gasteiger partial charge in [0, 0.05) is 17.6 Å². The van der Waals surface area contributed by atoms with Gasteiger partial charge in [0.15, 0.2) is 6.20 Å². The van der Waals surface area contributed by atoms with Crippen molar-refractivity contribution in [2.75, 3.05) is 0 Å². The summed E-state index contributed by atoms with van der Waals surface area (Å²) in [6.45, 7) is 12.0. The van der Waals surface area contributed by atoms with Crippen molar-refractivity contribution in [2.24, 2.45) is 17.8 Å². The van der Waals surface area contributed by atoms with Crippen LogP contribution in [0.25, 0.3) is 21.7 Å². The summed E-state index contributed by atoms with van der Waals surface area (Å²) in [5.74, 6) is 4.43. The third-order valence-corrected chi connectivity index (χ3v) is 12.0. The fourth-order valence-electron chi connectivity index (χ4n) is 10.7. The lowest BCUT2D eigenvalue weighted by Gasteiger charge is -2.46. The van der Waals surface area contributed by atoms with E-state index < -0.39 is 0 Å². The molecule has 0 radical (unpaired) electrons. The standard InChI is InChI=1S/C34H40N/c1-5-8-11-26-22-15-24-16-23(26)18-25(17-22)30-27-14-13-21-10-9-12-29-31(21)32(27)35(19-28(24)30)34(7-3)20(4)33(29,34)6-2/h9-10,12-14,19,22-26H,4-8,11,15-18H2,1-3H3/q+1. The van der Waals surface area contributed by atoms with Crippen LogP contribution >= 0.6 is 0 Å². The normalized spacial score (nSPS) is 37.7. The second-order valence-electron chi connectivity index (χ2n) is 12.8. The molecule has 9 rings (SSSR count). The Kier molecular flexibility index (Phi) is 4.07. The topological polar surface area (TPSA) is 3.88 Å². The van der Waals surface area contributed by atoms with Crippen molar-refractivity contribution >= 4 is 21.7 Å². The Morgan fingerprint density at radius 1 is 0.943 bits per heavy atom. The average Bonchev–Trinajstić information content (AvgIpc) is 3.50. The van der Waals surface area contributed by atoms with Gasteiger partial charge in [0.2, 0.25) is 11.1 Å². The maximum absolute atomic E-state index is 4.79. The zero-order valence-corrected chi connectivity index (χ0v) is 21.9. The van der Waals surface area contributed by atoms with Gasteiger partial charge in [0.25, 0.3) is 0 Å². The summed E-state index contributed by atoms with van der Waals surface area (Å²) >= 11 is 0. The number of rotatable bonds is 5. The summed E-state index contributed by atoms with van der Waals surface area (Å²) in [7, 11) is 0. The van der Waals surface area contributed by atoms with Crippen molar-refractivity contribution in [2.45, 2.75) is 101 Å². The van der Waals surface area contributed by atoms with E-state index >= 15 is 0 Å². The van der Waals surface area contributed by atoms with Crippen LogP contribution in [0.3, 0.4) is 0 Å². The van der Waals surface area contributed by atoms with Crippen LogP contribution in [0.2, 0.25) is 0 Å². The monoisotopic (exact) mass is 462 g/mol. The fourth-order valence-corrected chi connectivity index (χ4v) is 10.7. The van der Waals surface area contributed by atoms with Crippen molar-refractivity contribution in [3.63, 3.8) is 0 Å². The van der Waals surface area contributed by atoms with Gasteiger partial charge in [-0.25, -0.2) is 0 Å². The smallest absolute Gasteiger partial charge is 0.187 e. The number of aromatic nitrogens is 1. The quantitative estimate of drug-likeness (QED) is 0.203. The number of pyridine rings is 1. The van der Waals surface area contributed by atoms with Gasteiger partial charge >= 0.3 is 0 Å². The van der Waals surface area contributed by atoms with Crippen LogP contribution in [0.4, 0.5) is 0 Å². The molecule has 2 aromatic carbocycles. The zero-order chi connectivity index (χ0) is 23.7. The largest absolute Gasteiger partial charge is 0.221 e. The predicted molar refractivity (Wildman–Crippen MR) is 145 cm³/mol. The SMILES string of the molecule is C=C1C2(CC)c3cccc4ccc5c6c(c[n+](c5c34)C12CC)C1CC2CC6CC(C1)C2CCCC. The number of nitrogens with zero attached hydrogens (tertiary/aromatic N) is 1. The maximum Gasteiger partial charge on any atom is 0.221 e. The Hall–Kier alpha value is -2.15. The van der Waals surface area contributed by atoms with Gasteiger partial charge in [-0.1, -0.05) is 64.5 Å². The van der Waals surface area contributed by atoms with E-state index in [0.717, 1.165) is 42.4 Å². The molecule has 35 heavy (non-hydrogen) atoms. The number of benzene rings is 2. The Balaban J connectivity index is 1.42. The lowest BCUT2D eigenvalue weighted by molar-refractivity contribution is -0.717. The van der Waals surface area contributed by atoms with Crippen LogP contribution in [0.5, 0.6) is 0 Å². The van der Waals surface area contributed by atoms with Gasteiger partial charge in [-0.2, -0.15) is 4.57 Å². The summed E-state index contributed by atoms with van der Waals surface area (Å²) in [6, 6.07) is 12.0. The molecule has 2 heterocycles. The fraction of sp³-hybridized carbons (Fsp3) is 0.559. The molecule has 1 heteroatoms. The number of hydrogen-bond donors (Lipinski definition) is 0. The molecule has 0 N–H and O–H groups in total. The third-order valence-electron chi connectivity index (χ3n) is 12.0. The molecule has 180 valence electrons.